The van der Waals surface area contributed by atoms with E-state index in [2.05, 4.69) is 26.6 Å². The quantitative estimate of drug-likeness (QED) is 0.889. The van der Waals surface area contributed by atoms with Gasteiger partial charge in [0.15, 0.2) is 4.67 Å². The van der Waals surface area contributed by atoms with Gasteiger partial charge >= 0.3 is 0 Å². The van der Waals surface area contributed by atoms with Crippen LogP contribution in [-0.4, -0.2) is 13.0 Å². The van der Waals surface area contributed by atoms with Crippen LogP contribution in [0.2, 0.25) is 0 Å². The van der Waals surface area contributed by atoms with Gasteiger partial charge in [-0.3, -0.25) is 4.79 Å². The SMILES string of the molecule is CNC(=O)c1ccc(CNCc2ccc(Br)o2)cc1. The van der Waals surface area contributed by atoms with Crippen molar-refractivity contribution in [2.45, 2.75) is 13.1 Å². The normalized spacial score (nSPS) is 10.4. The fourth-order valence-electron chi connectivity index (χ4n) is 1.70. The summed E-state index contributed by atoms with van der Waals surface area (Å²) in [6.45, 7) is 1.40. The molecule has 1 amide bonds. The maximum Gasteiger partial charge on any atom is 0.251 e. The Balaban J connectivity index is 1.84. The zero-order chi connectivity index (χ0) is 13.7. The zero-order valence-electron chi connectivity index (χ0n) is 10.6. The average Bonchev–Trinajstić information content (AvgIpc) is 2.84. The number of hydrogen-bond acceptors (Lipinski definition) is 3. The molecule has 2 rings (SSSR count). The molecule has 2 N–H and O–H groups in total. The van der Waals surface area contributed by atoms with Crippen molar-refractivity contribution in [1.82, 2.24) is 10.6 Å². The van der Waals surface area contributed by atoms with Gasteiger partial charge in [-0.25, -0.2) is 0 Å². The fraction of sp³-hybridized carbons (Fsp3) is 0.214. The van der Waals surface area contributed by atoms with Crippen LogP contribution in [0.1, 0.15) is 21.7 Å². The third kappa shape index (κ3) is 3.94. The molecule has 0 spiro atoms. The van der Waals surface area contributed by atoms with Crippen molar-refractivity contribution >= 4 is 21.8 Å². The molecule has 2 aromatic rings. The minimum absolute atomic E-state index is 0.0695. The number of rotatable bonds is 5. The number of carbonyl (C=O) groups is 1. The molecule has 0 aliphatic rings. The Labute approximate surface area is 120 Å². The summed E-state index contributed by atoms with van der Waals surface area (Å²) in [5.41, 5.74) is 1.79. The topological polar surface area (TPSA) is 54.3 Å². The maximum absolute atomic E-state index is 11.4. The highest BCUT2D eigenvalue weighted by atomic mass is 79.9. The Hall–Kier alpha value is -1.59. The van der Waals surface area contributed by atoms with Crippen molar-refractivity contribution in [1.29, 1.82) is 0 Å². The summed E-state index contributed by atoms with van der Waals surface area (Å²) in [6.07, 6.45) is 0. The molecule has 1 heterocycles. The van der Waals surface area contributed by atoms with Crippen LogP contribution in [-0.2, 0) is 13.1 Å². The second-order valence-electron chi connectivity index (χ2n) is 4.09. The number of furan rings is 1. The summed E-state index contributed by atoms with van der Waals surface area (Å²) in [6, 6.07) is 11.3. The molecule has 4 nitrogen and oxygen atoms in total. The third-order valence-electron chi connectivity index (χ3n) is 2.70. The van der Waals surface area contributed by atoms with E-state index in [0.717, 1.165) is 22.5 Å². The van der Waals surface area contributed by atoms with Gasteiger partial charge in [0, 0.05) is 19.2 Å². The molecule has 0 radical (unpaired) electrons. The van der Waals surface area contributed by atoms with Gasteiger partial charge in [0.05, 0.1) is 6.54 Å². The Morgan fingerprint density at radius 2 is 1.89 bits per heavy atom. The number of amides is 1. The molecule has 1 aromatic heterocycles. The fourth-order valence-corrected chi connectivity index (χ4v) is 2.04. The lowest BCUT2D eigenvalue weighted by atomic mass is 10.1. The molecule has 19 heavy (non-hydrogen) atoms. The van der Waals surface area contributed by atoms with Gasteiger partial charge in [0.1, 0.15) is 5.76 Å². The first-order valence-electron chi connectivity index (χ1n) is 5.95. The first kappa shape index (κ1) is 13.8. The molecule has 100 valence electrons. The van der Waals surface area contributed by atoms with Crippen LogP contribution in [0.5, 0.6) is 0 Å². The molecule has 0 atom stereocenters. The maximum atomic E-state index is 11.4. The van der Waals surface area contributed by atoms with E-state index >= 15 is 0 Å². The van der Waals surface area contributed by atoms with E-state index in [1.165, 1.54) is 0 Å². The van der Waals surface area contributed by atoms with Crippen LogP contribution in [0.15, 0.2) is 45.5 Å². The summed E-state index contributed by atoms with van der Waals surface area (Å²) in [5.74, 6) is 0.814. The van der Waals surface area contributed by atoms with Crippen molar-refractivity contribution < 1.29 is 9.21 Å². The molecule has 0 unspecified atom stereocenters. The van der Waals surface area contributed by atoms with E-state index in [0.29, 0.717) is 12.1 Å². The molecule has 5 heteroatoms. The van der Waals surface area contributed by atoms with Crippen molar-refractivity contribution in [2.24, 2.45) is 0 Å². The molecule has 0 aliphatic carbocycles. The van der Waals surface area contributed by atoms with Gasteiger partial charge in [-0.15, -0.1) is 0 Å². The Morgan fingerprint density at radius 3 is 2.47 bits per heavy atom. The van der Waals surface area contributed by atoms with Crippen molar-refractivity contribution in [3.8, 4) is 0 Å². The summed E-state index contributed by atoms with van der Waals surface area (Å²) in [7, 11) is 1.62. The van der Waals surface area contributed by atoms with Gasteiger partial charge < -0.3 is 15.1 Å². The zero-order valence-corrected chi connectivity index (χ0v) is 12.2. The molecule has 1 aromatic carbocycles. The summed E-state index contributed by atoms with van der Waals surface area (Å²) in [4.78, 5) is 11.4. The van der Waals surface area contributed by atoms with E-state index in [9.17, 15) is 4.79 Å². The lowest BCUT2D eigenvalue weighted by Gasteiger charge is -2.04. The largest absolute Gasteiger partial charge is 0.453 e. The van der Waals surface area contributed by atoms with Gasteiger partial charge in [-0.2, -0.15) is 0 Å². The molecular formula is C14H15BrN2O2. The van der Waals surface area contributed by atoms with Crippen molar-refractivity contribution in [3.63, 3.8) is 0 Å². The van der Waals surface area contributed by atoms with Crippen LogP contribution in [0.3, 0.4) is 0 Å². The summed E-state index contributed by atoms with van der Waals surface area (Å²) >= 11 is 3.26. The van der Waals surface area contributed by atoms with Gasteiger partial charge in [-0.1, -0.05) is 12.1 Å². The number of hydrogen-bond donors (Lipinski definition) is 2. The first-order valence-corrected chi connectivity index (χ1v) is 6.74. The molecule has 0 fully saturated rings. The Bertz CT molecular complexity index is 549. The van der Waals surface area contributed by atoms with Crippen LogP contribution in [0, 0.1) is 0 Å². The van der Waals surface area contributed by atoms with Crippen LogP contribution >= 0.6 is 15.9 Å². The summed E-state index contributed by atoms with van der Waals surface area (Å²) in [5, 5.41) is 5.88. The van der Waals surface area contributed by atoms with E-state index in [-0.39, 0.29) is 5.91 Å². The number of halogens is 1. The Kier molecular flexibility index (Phi) is 4.76. The summed E-state index contributed by atoms with van der Waals surface area (Å²) < 4.78 is 6.12. The van der Waals surface area contributed by atoms with Crippen LogP contribution in [0.4, 0.5) is 0 Å². The molecule has 0 saturated carbocycles. The van der Waals surface area contributed by atoms with Crippen LogP contribution < -0.4 is 10.6 Å². The third-order valence-corrected chi connectivity index (χ3v) is 3.13. The highest BCUT2D eigenvalue weighted by Crippen LogP contribution is 2.13. The number of nitrogens with one attached hydrogen (secondary N) is 2. The van der Waals surface area contributed by atoms with Crippen molar-refractivity contribution in [2.75, 3.05) is 7.05 Å². The van der Waals surface area contributed by atoms with E-state index < -0.39 is 0 Å². The van der Waals surface area contributed by atoms with E-state index in [4.69, 9.17) is 4.42 Å². The predicted molar refractivity (Wildman–Crippen MR) is 76.8 cm³/mol. The minimum Gasteiger partial charge on any atom is -0.453 e. The number of carbonyl (C=O) groups excluding carboxylic acids is 1. The monoisotopic (exact) mass is 322 g/mol. The molecule has 0 saturated heterocycles. The smallest absolute Gasteiger partial charge is 0.251 e. The second kappa shape index (κ2) is 6.54. The molecular weight excluding hydrogens is 308 g/mol. The van der Waals surface area contributed by atoms with Gasteiger partial charge in [0.25, 0.3) is 5.91 Å². The van der Waals surface area contributed by atoms with Crippen molar-refractivity contribution in [3.05, 3.63) is 58.0 Å². The van der Waals surface area contributed by atoms with E-state index in [1.54, 1.807) is 7.05 Å². The highest BCUT2D eigenvalue weighted by molar-refractivity contribution is 9.10. The predicted octanol–water partition coefficient (Wildman–Crippen LogP) is 2.69. The Morgan fingerprint density at radius 1 is 1.16 bits per heavy atom. The van der Waals surface area contributed by atoms with Gasteiger partial charge in [-0.05, 0) is 45.8 Å². The molecule has 0 aliphatic heterocycles. The average molecular weight is 323 g/mol. The number of benzene rings is 1. The lowest BCUT2D eigenvalue weighted by Crippen LogP contribution is -2.18. The van der Waals surface area contributed by atoms with E-state index in [1.807, 2.05) is 36.4 Å². The first-order chi connectivity index (χ1) is 9.19. The van der Waals surface area contributed by atoms with Crippen LogP contribution in [0.25, 0.3) is 0 Å². The second-order valence-corrected chi connectivity index (χ2v) is 4.87. The molecule has 0 bridgehead atoms. The standard InChI is InChI=1S/C14H15BrN2O2/c1-16-14(18)11-4-2-10(3-5-11)8-17-9-12-6-7-13(15)19-12/h2-7,17H,8-9H2,1H3,(H,16,18). The lowest BCUT2D eigenvalue weighted by molar-refractivity contribution is 0.0963. The minimum atomic E-state index is -0.0695. The van der Waals surface area contributed by atoms with Gasteiger partial charge in [0.2, 0.25) is 0 Å². The highest BCUT2D eigenvalue weighted by Gasteiger charge is 2.02.